The van der Waals surface area contributed by atoms with Crippen molar-refractivity contribution in [3.05, 3.63) is 24.1 Å². The Hall–Kier alpha value is -1.75. The predicted octanol–water partition coefficient (Wildman–Crippen LogP) is 2.93. The lowest BCUT2D eigenvalue weighted by Gasteiger charge is -2.07. The van der Waals surface area contributed by atoms with Gasteiger partial charge in [0, 0.05) is 17.9 Å². The summed E-state index contributed by atoms with van der Waals surface area (Å²) in [5.74, 6) is 2.92. The number of nitrogens with zero attached hydrogens (tertiary/aromatic N) is 2. The van der Waals surface area contributed by atoms with Crippen molar-refractivity contribution in [2.45, 2.75) is 12.8 Å². The molecule has 1 aromatic heterocycles. The molecule has 1 heterocycles. The highest BCUT2D eigenvalue weighted by atomic mass is 35.5. The van der Waals surface area contributed by atoms with Gasteiger partial charge in [0.25, 0.3) is 0 Å². The molecule has 2 rings (SSSR count). The van der Waals surface area contributed by atoms with Gasteiger partial charge in [-0.15, -0.1) is 21.8 Å². The van der Waals surface area contributed by atoms with Gasteiger partial charge in [0.15, 0.2) is 11.5 Å². The second-order valence-corrected chi connectivity index (χ2v) is 4.24. The molecule has 0 atom stereocenters. The summed E-state index contributed by atoms with van der Waals surface area (Å²) in [4.78, 5) is 0. The zero-order valence-electron chi connectivity index (χ0n) is 10.9. The molecule has 0 fully saturated rings. The monoisotopic (exact) mass is 282 g/mol. The highest BCUT2D eigenvalue weighted by molar-refractivity contribution is 6.17. The van der Waals surface area contributed by atoms with Gasteiger partial charge < -0.3 is 13.9 Å². The van der Waals surface area contributed by atoms with Crippen molar-refractivity contribution in [2.75, 3.05) is 20.1 Å². The number of benzene rings is 1. The van der Waals surface area contributed by atoms with Crippen LogP contribution in [0.15, 0.2) is 22.6 Å². The average molecular weight is 283 g/mol. The maximum Gasteiger partial charge on any atom is 0.247 e. The summed E-state index contributed by atoms with van der Waals surface area (Å²) in [5.41, 5.74) is 0.794. The van der Waals surface area contributed by atoms with Gasteiger partial charge >= 0.3 is 0 Å². The van der Waals surface area contributed by atoms with Crippen molar-refractivity contribution in [3.8, 4) is 23.0 Å². The van der Waals surface area contributed by atoms with Crippen LogP contribution in [0.1, 0.15) is 12.3 Å². The van der Waals surface area contributed by atoms with Crippen molar-refractivity contribution in [1.82, 2.24) is 10.2 Å². The van der Waals surface area contributed by atoms with Crippen LogP contribution in [0, 0.1) is 0 Å². The van der Waals surface area contributed by atoms with E-state index in [0.29, 0.717) is 35.6 Å². The molecule has 0 saturated carbocycles. The van der Waals surface area contributed by atoms with E-state index in [-0.39, 0.29) is 0 Å². The molecule has 0 amide bonds. The molecule has 0 bridgehead atoms. The molecule has 0 N–H and O–H groups in total. The van der Waals surface area contributed by atoms with Crippen molar-refractivity contribution >= 4 is 11.6 Å². The number of aryl methyl sites for hydroxylation is 1. The molecule has 0 aliphatic heterocycles. The third kappa shape index (κ3) is 3.17. The van der Waals surface area contributed by atoms with Crippen molar-refractivity contribution < 1.29 is 13.9 Å². The van der Waals surface area contributed by atoms with Gasteiger partial charge in [0.05, 0.1) is 14.2 Å². The van der Waals surface area contributed by atoms with E-state index >= 15 is 0 Å². The van der Waals surface area contributed by atoms with Crippen molar-refractivity contribution in [3.63, 3.8) is 0 Å². The maximum absolute atomic E-state index is 5.63. The van der Waals surface area contributed by atoms with E-state index in [2.05, 4.69) is 10.2 Å². The number of ether oxygens (including phenoxy) is 2. The Balaban J connectivity index is 2.23. The van der Waals surface area contributed by atoms with Gasteiger partial charge in [0.1, 0.15) is 0 Å². The first kappa shape index (κ1) is 13.7. The van der Waals surface area contributed by atoms with Crippen molar-refractivity contribution in [1.29, 1.82) is 0 Å². The van der Waals surface area contributed by atoms with Gasteiger partial charge in [-0.05, 0) is 24.6 Å². The Morgan fingerprint density at radius 2 is 1.95 bits per heavy atom. The lowest BCUT2D eigenvalue weighted by atomic mass is 10.2. The first-order chi connectivity index (χ1) is 9.28. The summed E-state index contributed by atoms with van der Waals surface area (Å²) >= 11 is 5.63. The number of alkyl halides is 1. The summed E-state index contributed by atoms with van der Waals surface area (Å²) < 4.78 is 16.0. The average Bonchev–Trinajstić information content (AvgIpc) is 2.93. The molecule has 0 saturated heterocycles. The quantitative estimate of drug-likeness (QED) is 0.763. The second-order valence-electron chi connectivity index (χ2n) is 3.86. The van der Waals surface area contributed by atoms with Crippen LogP contribution in [0.3, 0.4) is 0 Å². The number of methoxy groups -OCH3 is 2. The zero-order valence-corrected chi connectivity index (χ0v) is 11.6. The van der Waals surface area contributed by atoms with Crippen LogP contribution >= 0.6 is 11.6 Å². The SMILES string of the molecule is COc1ccc(-c2nnc(CCCCl)o2)cc1OC. The number of hydrogen-bond donors (Lipinski definition) is 0. The van der Waals surface area contributed by atoms with E-state index in [1.807, 2.05) is 6.07 Å². The summed E-state index contributed by atoms with van der Waals surface area (Å²) in [5, 5.41) is 7.99. The van der Waals surface area contributed by atoms with E-state index in [1.165, 1.54) is 0 Å². The van der Waals surface area contributed by atoms with Crippen LogP contribution < -0.4 is 9.47 Å². The molecule has 0 aliphatic rings. The van der Waals surface area contributed by atoms with Gasteiger partial charge in [-0.25, -0.2) is 0 Å². The lowest BCUT2D eigenvalue weighted by molar-refractivity contribution is 0.355. The number of aromatic nitrogens is 2. The topological polar surface area (TPSA) is 57.4 Å². The first-order valence-corrected chi connectivity index (χ1v) is 6.42. The van der Waals surface area contributed by atoms with Crippen LogP contribution in [0.5, 0.6) is 11.5 Å². The van der Waals surface area contributed by atoms with Gasteiger partial charge in [-0.1, -0.05) is 0 Å². The van der Waals surface area contributed by atoms with Crippen molar-refractivity contribution in [2.24, 2.45) is 0 Å². The summed E-state index contributed by atoms with van der Waals surface area (Å²) in [6.07, 6.45) is 1.50. The normalized spacial score (nSPS) is 10.5. The maximum atomic E-state index is 5.63. The Morgan fingerprint density at radius 3 is 2.63 bits per heavy atom. The van der Waals surface area contributed by atoms with Gasteiger partial charge in [-0.3, -0.25) is 0 Å². The Morgan fingerprint density at radius 1 is 1.16 bits per heavy atom. The molecule has 0 spiro atoms. The van der Waals surface area contributed by atoms with Gasteiger partial charge in [-0.2, -0.15) is 0 Å². The Kier molecular flexibility index (Phi) is 4.63. The van der Waals surface area contributed by atoms with E-state index in [0.717, 1.165) is 12.0 Å². The molecular formula is C13H15ClN2O3. The molecule has 0 radical (unpaired) electrons. The van der Waals surface area contributed by atoms with Crippen LogP contribution in [0.25, 0.3) is 11.5 Å². The fourth-order valence-electron chi connectivity index (χ4n) is 1.66. The van der Waals surface area contributed by atoms with Crippen LogP contribution in [-0.4, -0.2) is 30.3 Å². The molecule has 19 heavy (non-hydrogen) atoms. The third-order valence-electron chi connectivity index (χ3n) is 2.62. The van der Waals surface area contributed by atoms with E-state index < -0.39 is 0 Å². The summed E-state index contributed by atoms with van der Waals surface area (Å²) in [7, 11) is 3.18. The third-order valence-corrected chi connectivity index (χ3v) is 2.89. The highest BCUT2D eigenvalue weighted by Crippen LogP contribution is 2.31. The summed E-state index contributed by atoms with van der Waals surface area (Å²) in [6, 6.07) is 5.45. The first-order valence-electron chi connectivity index (χ1n) is 5.89. The molecule has 2 aromatic rings. The predicted molar refractivity (Wildman–Crippen MR) is 71.9 cm³/mol. The minimum atomic E-state index is 0.463. The van der Waals surface area contributed by atoms with E-state index in [4.69, 9.17) is 25.5 Å². The number of rotatable bonds is 6. The largest absolute Gasteiger partial charge is 0.493 e. The highest BCUT2D eigenvalue weighted by Gasteiger charge is 2.11. The molecule has 5 nitrogen and oxygen atoms in total. The van der Waals surface area contributed by atoms with Crippen LogP contribution in [0.2, 0.25) is 0 Å². The van der Waals surface area contributed by atoms with Crippen LogP contribution in [0.4, 0.5) is 0 Å². The molecule has 6 heteroatoms. The number of halogens is 1. The van der Waals surface area contributed by atoms with Gasteiger partial charge in [0.2, 0.25) is 11.8 Å². The molecule has 0 aliphatic carbocycles. The van der Waals surface area contributed by atoms with E-state index in [1.54, 1.807) is 26.4 Å². The Labute approximate surface area is 116 Å². The lowest BCUT2D eigenvalue weighted by Crippen LogP contribution is -1.90. The fourth-order valence-corrected chi connectivity index (χ4v) is 1.79. The molecule has 1 aromatic carbocycles. The minimum Gasteiger partial charge on any atom is -0.493 e. The zero-order chi connectivity index (χ0) is 13.7. The Bertz CT molecular complexity index is 542. The number of hydrogen-bond acceptors (Lipinski definition) is 5. The molecule has 102 valence electrons. The smallest absolute Gasteiger partial charge is 0.247 e. The standard InChI is InChI=1S/C13H15ClN2O3/c1-17-10-6-5-9(8-11(10)18-2)13-16-15-12(19-13)4-3-7-14/h5-6,8H,3-4,7H2,1-2H3. The fraction of sp³-hybridized carbons (Fsp3) is 0.385. The summed E-state index contributed by atoms with van der Waals surface area (Å²) in [6.45, 7) is 0. The minimum absolute atomic E-state index is 0.463. The molecular weight excluding hydrogens is 268 g/mol. The van der Waals surface area contributed by atoms with Crippen LogP contribution in [-0.2, 0) is 6.42 Å². The van der Waals surface area contributed by atoms with E-state index in [9.17, 15) is 0 Å². The molecule has 0 unspecified atom stereocenters. The second kappa shape index (κ2) is 6.43.